The monoisotopic (exact) mass is 333 g/mol. The van der Waals surface area contributed by atoms with Crippen LogP contribution in [0.3, 0.4) is 0 Å². The molecule has 0 aliphatic heterocycles. The van der Waals surface area contributed by atoms with E-state index in [1.54, 1.807) is 11.8 Å². The summed E-state index contributed by atoms with van der Waals surface area (Å²) in [6, 6.07) is 19.4. The molecule has 3 aromatic rings. The number of para-hydroxylation sites is 1. The van der Waals surface area contributed by atoms with Crippen LogP contribution >= 0.6 is 0 Å². The summed E-state index contributed by atoms with van der Waals surface area (Å²) in [7, 11) is 1.63. The lowest BCUT2D eigenvalue weighted by atomic mass is 9.95. The van der Waals surface area contributed by atoms with Crippen LogP contribution in [0.2, 0.25) is 0 Å². The summed E-state index contributed by atoms with van der Waals surface area (Å²) >= 11 is 0. The molecule has 1 aliphatic carbocycles. The van der Waals surface area contributed by atoms with Crippen LogP contribution in [-0.4, -0.2) is 22.8 Å². The number of benzene rings is 2. The van der Waals surface area contributed by atoms with Crippen LogP contribution < -0.4 is 10.1 Å². The summed E-state index contributed by atoms with van der Waals surface area (Å²) in [5.74, 6) is 1.31. The second-order valence-electron chi connectivity index (χ2n) is 6.25. The van der Waals surface area contributed by atoms with E-state index in [-0.39, 0.29) is 5.91 Å². The fourth-order valence-electron chi connectivity index (χ4n) is 3.04. The highest BCUT2D eigenvalue weighted by Crippen LogP contribution is 2.49. The number of carbonyl (C=O) groups is 1. The normalized spacial score (nSPS) is 14.8. The number of nitrogens with zero attached hydrogens (tertiary/aromatic N) is 2. The number of hydrogen-bond acceptors (Lipinski definition) is 3. The second-order valence-corrected chi connectivity index (χ2v) is 6.25. The van der Waals surface area contributed by atoms with Gasteiger partial charge in [0.1, 0.15) is 5.75 Å². The zero-order valence-electron chi connectivity index (χ0n) is 14.0. The first kappa shape index (κ1) is 15.4. The molecule has 0 spiro atoms. The lowest BCUT2D eigenvalue weighted by Gasteiger charge is -2.15. The molecule has 1 aromatic heterocycles. The fourth-order valence-corrected chi connectivity index (χ4v) is 3.04. The Bertz CT molecular complexity index is 898. The van der Waals surface area contributed by atoms with Crippen molar-refractivity contribution in [3.05, 3.63) is 72.4 Å². The van der Waals surface area contributed by atoms with Gasteiger partial charge in [-0.05, 0) is 42.7 Å². The van der Waals surface area contributed by atoms with Crippen LogP contribution in [0.4, 0.5) is 5.82 Å². The van der Waals surface area contributed by atoms with E-state index in [4.69, 9.17) is 4.74 Å². The van der Waals surface area contributed by atoms with Crippen LogP contribution in [0.5, 0.6) is 5.75 Å². The standard InChI is InChI=1S/C20H19N3O2/c1-25-17-9-5-6-15(14-17)20(11-12-20)19(24)21-18-10-13-23(22-18)16-7-3-2-4-8-16/h2-10,13-14H,11-12H2,1H3,(H,21,22,24). The van der Waals surface area contributed by atoms with Crippen LogP contribution in [0.25, 0.3) is 5.69 Å². The topological polar surface area (TPSA) is 56.1 Å². The summed E-state index contributed by atoms with van der Waals surface area (Å²) in [4.78, 5) is 12.8. The highest BCUT2D eigenvalue weighted by molar-refractivity contribution is 6.00. The molecule has 0 bridgehead atoms. The molecule has 4 rings (SSSR count). The smallest absolute Gasteiger partial charge is 0.236 e. The summed E-state index contributed by atoms with van der Waals surface area (Å²) in [5, 5.41) is 7.41. The highest BCUT2D eigenvalue weighted by Gasteiger charge is 2.51. The van der Waals surface area contributed by atoms with Crippen molar-refractivity contribution in [2.45, 2.75) is 18.3 Å². The molecule has 5 nitrogen and oxygen atoms in total. The Morgan fingerprint density at radius 3 is 2.64 bits per heavy atom. The summed E-state index contributed by atoms with van der Waals surface area (Å²) in [6.45, 7) is 0. The molecule has 0 saturated heterocycles. The summed E-state index contributed by atoms with van der Waals surface area (Å²) < 4.78 is 7.03. The van der Waals surface area contributed by atoms with Gasteiger partial charge in [0, 0.05) is 12.3 Å². The van der Waals surface area contributed by atoms with Gasteiger partial charge in [-0.1, -0.05) is 30.3 Å². The van der Waals surface area contributed by atoms with Gasteiger partial charge in [-0.3, -0.25) is 4.79 Å². The number of ether oxygens (including phenoxy) is 1. The fraction of sp³-hybridized carbons (Fsp3) is 0.200. The molecular weight excluding hydrogens is 314 g/mol. The van der Waals surface area contributed by atoms with Crippen LogP contribution in [0, 0.1) is 0 Å². The van der Waals surface area contributed by atoms with Crippen molar-refractivity contribution in [2.75, 3.05) is 12.4 Å². The van der Waals surface area contributed by atoms with Crippen molar-refractivity contribution in [2.24, 2.45) is 0 Å². The number of carbonyl (C=O) groups excluding carboxylic acids is 1. The maximum atomic E-state index is 12.8. The molecule has 0 radical (unpaired) electrons. The minimum absolute atomic E-state index is 0.0148. The van der Waals surface area contributed by atoms with Crippen molar-refractivity contribution in [1.82, 2.24) is 9.78 Å². The number of rotatable bonds is 5. The van der Waals surface area contributed by atoms with E-state index >= 15 is 0 Å². The molecule has 1 amide bonds. The molecule has 0 atom stereocenters. The van der Waals surface area contributed by atoms with Crippen molar-refractivity contribution < 1.29 is 9.53 Å². The van der Waals surface area contributed by atoms with Gasteiger partial charge in [0.05, 0.1) is 18.2 Å². The molecule has 1 heterocycles. The van der Waals surface area contributed by atoms with Gasteiger partial charge < -0.3 is 10.1 Å². The first-order valence-corrected chi connectivity index (χ1v) is 8.28. The molecule has 1 N–H and O–H groups in total. The van der Waals surface area contributed by atoms with Crippen molar-refractivity contribution >= 4 is 11.7 Å². The predicted octanol–water partition coefficient (Wildman–Crippen LogP) is 3.55. The van der Waals surface area contributed by atoms with Gasteiger partial charge in [-0.2, -0.15) is 5.10 Å². The number of amides is 1. The molecule has 2 aromatic carbocycles. The van der Waals surface area contributed by atoms with E-state index < -0.39 is 5.41 Å². The second kappa shape index (κ2) is 6.09. The molecule has 1 aliphatic rings. The van der Waals surface area contributed by atoms with E-state index in [0.29, 0.717) is 5.82 Å². The predicted molar refractivity (Wildman–Crippen MR) is 96.1 cm³/mol. The lowest BCUT2D eigenvalue weighted by molar-refractivity contribution is -0.118. The van der Waals surface area contributed by atoms with E-state index in [0.717, 1.165) is 29.8 Å². The third kappa shape index (κ3) is 2.89. The Hall–Kier alpha value is -3.08. The Kier molecular flexibility index (Phi) is 3.76. The van der Waals surface area contributed by atoms with E-state index in [1.807, 2.05) is 66.9 Å². The minimum atomic E-state index is -0.467. The van der Waals surface area contributed by atoms with Crippen molar-refractivity contribution in [1.29, 1.82) is 0 Å². The molecule has 0 unspecified atom stereocenters. The number of hydrogen-bond donors (Lipinski definition) is 1. The Labute approximate surface area is 146 Å². The van der Waals surface area contributed by atoms with Gasteiger partial charge in [-0.25, -0.2) is 4.68 Å². The van der Waals surface area contributed by atoms with Gasteiger partial charge >= 0.3 is 0 Å². The minimum Gasteiger partial charge on any atom is -0.497 e. The molecule has 1 saturated carbocycles. The van der Waals surface area contributed by atoms with E-state index in [2.05, 4.69) is 10.4 Å². The molecular formula is C20H19N3O2. The van der Waals surface area contributed by atoms with E-state index in [9.17, 15) is 4.79 Å². The number of methoxy groups -OCH3 is 1. The largest absolute Gasteiger partial charge is 0.497 e. The lowest BCUT2D eigenvalue weighted by Crippen LogP contribution is -2.28. The molecule has 126 valence electrons. The summed E-state index contributed by atoms with van der Waals surface area (Å²) in [5.41, 5.74) is 1.48. The Morgan fingerprint density at radius 2 is 1.92 bits per heavy atom. The summed E-state index contributed by atoms with van der Waals surface area (Å²) in [6.07, 6.45) is 3.52. The van der Waals surface area contributed by atoms with Gasteiger partial charge in [0.2, 0.25) is 5.91 Å². The highest BCUT2D eigenvalue weighted by atomic mass is 16.5. The average molecular weight is 333 g/mol. The first-order chi connectivity index (χ1) is 12.2. The van der Waals surface area contributed by atoms with Crippen LogP contribution in [0.15, 0.2) is 66.9 Å². The molecule has 1 fully saturated rings. The zero-order chi connectivity index (χ0) is 17.3. The number of anilines is 1. The zero-order valence-corrected chi connectivity index (χ0v) is 14.0. The van der Waals surface area contributed by atoms with Gasteiger partial charge in [0.25, 0.3) is 0 Å². The van der Waals surface area contributed by atoms with Crippen molar-refractivity contribution in [3.63, 3.8) is 0 Å². The van der Waals surface area contributed by atoms with Gasteiger partial charge in [0.15, 0.2) is 5.82 Å². The maximum absolute atomic E-state index is 12.8. The first-order valence-electron chi connectivity index (χ1n) is 8.28. The third-order valence-electron chi connectivity index (χ3n) is 4.66. The molecule has 5 heteroatoms. The SMILES string of the molecule is COc1cccc(C2(C(=O)Nc3ccn(-c4ccccc4)n3)CC2)c1. The number of nitrogens with one attached hydrogen (secondary N) is 1. The maximum Gasteiger partial charge on any atom is 0.236 e. The Balaban J connectivity index is 1.53. The average Bonchev–Trinajstić information content (AvgIpc) is 3.36. The van der Waals surface area contributed by atoms with E-state index in [1.165, 1.54) is 0 Å². The number of aromatic nitrogens is 2. The quantitative estimate of drug-likeness (QED) is 0.777. The van der Waals surface area contributed by atoms with Crippen molar-refractivity contribution in [3.8, 4) is 11.4 Å². The molecule has 25 heavy (non-hydrogen) atoms. The van der Waals surface area contributed by atoms with Crippen LogP contribution in [0.1, 0.15) is 18.4 Å². The van der Waals surface area contributed by atoms with Gasteiger partial charge in [-0.15, -0.1) is 0 Å². The van der Waals surface area contributed by atoms with Crippen LogP contribution in [-0.2, 0) is 10.2 Å². The Morgan fingerprint density at radius 1 is 1.12 bits per heavy atom. The third-order valence-corrected chi connectivity index (χ3v) is 4.66.